The minimum Gasteiger partial charge on any atom is -0.480 e. The Bertz CT molecular complexity index is 586. The molecule has 2 heterocycles. The Hall–Kier alpha value is -2.64. The van der Waals surface area contributed by atoms with E-state index in [1.54, 1.807) is 13.2 Å². The highest BCUT2D eigenvalue weighted by atomic mass is 16.4. The summed E-state index contributed by atoms with van der Waals surface area (Å²) >= 11 is 0. The van der Waals surface area contributed by atoms with Crippen molar-refractivity contribution in [1.29, 1.82) is 0 Å². The average molecular weight is 249 g/mol. The molecule has 0 atom stereocenters. The number of carbonyl (C=O) groups is 2. The first-order valence-electron chi connectivity index (χ1n) is 5.09. The van der Waals surface area contributed by atoms with Crippen molar-refractivity contribution in [3.63, 3.8) is 0 Å². The van der Waals surface area contributed by atoms with Crippen LogP contribution in [-0.4, -0.2) is 36.5 Å². The van der Waals surface area contributed by atoms with E-state index in [9.17, 15) is 9.59 Å². The first-order valence-corrected chi connectivity index (χ1v) is 5.09. The summed E-state index contributed by atoms with van der Waals surface area (Å²) in [4.78, 5) is 22.2. The number of nitrogens with zero attached hydrogens (tertiary/aromatic N) is 4. The Balaban J connectivity index is 2.03. The van der Waals surface area contributed by atoms with Gasteiger partial charge < -0.3 is 10.4 Å². The second kappa shape index (κ2) is 4.70. The van der Waals surface area contributed by atoms with Crippen molar-refractivity contribution in [3.8, 4) is 0 Å². The van der Waals surface area contributed by atoms with E-state index >= 15 is 0 Å². The summed E-state index contributed by atoms with van der Waals surface area (Å²) < 4.78 is 2.74. The van der Waals surface area contributed by atoms with Gasteiger partial charge in [-0.2, -0.15) is 10.2 Å². The predicted molar refractivity (Wildman–Crippen MR) is 61.0 cm³/mol. The van der Waals surface area contributed by atoms with Crippen molar-refractivity contribution < 1.29 is 14.7 Å². The molecule has 8 heteroatoms. The zero-order valence-corrected chi connectivity index (χ0v) is 9.57. The second-order valence-corrected chi connectivity index (χ2v) is 3.68. The lowest BCUT2D eigenvalue weighted by molar-refractivity contribution is -0.137. The van der Waals surface area contributed by atoms with E-state index in [1.165, 1.54) is 28.0 Å². The smallest absolute Gasteiger partial charge is 0.325 e. The van der Waals surface area contributed by atoms with Gasteiger partial charge in [0.25, 0.3) is 5.91 Å². The molecule has 0 saturated carbocycles. The number of aromatic nitrogens is 4. The zero-order valence-electron chi connectivity index (χ0n) is 9.57. The van der Waals surface area contributed by atoms with Crippen LogP contribution in [0, 0.1) is 0 Å². The van der Waals surface area contributed by atoms with Crippen molar-refractivity contribution in [3.05, 3.63) is 30.4 Å². The van der Waals surface area contributed by atoms with Crippen molar-refractivity contribution in [2.24, 2.45) is 7.05 Å². The fourth-order valence-corrected chi connectivity index (χ4v) is 1.39. The molecule has 0 aliphatic rings. The van der Waals surface area contributed by atoms with Gasteiger partial charge in [0.1, 0.15) is 6.54 Å². The monoisotopic (exact) mass is 249 g/mol. The van der Waals surface area contributed by atoms with Crippen LogP contribution in [0.15, 0.2) is 24.8 Å². The fourth-order valence-electron chi connectivity index (χ4n) is 1.39. The number of rotatable bonds is 4. The molecule has 0 aliphatic carbocycles. The Labute approximate surface area is 102 Å². The van der Waals surface area contributed by atoms with Crippen LogP contribution in [0.5, 0.6) is 0 Å². The molecule has 0 bridgehead atoms. The second-order valence-electron chi connectivity index (χ2n) is 3.68. The Kier molecular flexibility index (Phi) is 3.09. The summed E-state index contributed by atoms with van der Waals surface area (Å²) in [6, 6.07) is 0. The Morgan fingerprint density at radius 2 is 2.11 bits per heavy atom. The van der Waals surface area contributed by atoms with Gasteiger partial charge in [-0.3, -0.25) is 19.0 Å². The summed E-state index contributed by atoms with van der Waals surface area (Å²) in [7, 11) is 1.71. The molecule has 0 aromatic carbocycles. The van der Waals surface area contributed by atoms with Crippen molar-refractivity contribution in [1.82, 2.24) is 19.6 Å². The number of carboxylic acid groups (broad SMARTS) is 1. The maximum atomic E-state index is 11.7. The minimum absolute atomic E-state index is 0.247. The summed E-state index contributed by atoms with van der Waals surface area (Å²) in [6.07, 6.45) is 5.85. The maximum absolute atomic E-state index is 11.7. The van der Waals surface area contributed by atoms with E-state index < -0.39 is 5.97 Å². The SMILES string of the molecule is Cn1cc(C(=O)Nc2cnn(CC(=O)O)c2)cn1. The number of anilines is 1. The molecule has 0 unspecified atom stereocenters. The van der Waals surface area contributed by atoms with Gasteiger partial charge in [0.2, 0.25) is 0 Å². The number of nitrogens with one attached hydrogen (secondary N) is 1. The van der Waals surface area contributed by atoms with Crippen LogP contribution in [0.1, 0.15) is 10.4 Å². The first-order chi connectivity index (χ1) is 8.54. The number of hydrogen-bond acceptors (Lipinski definition) is 4. The van der Waals surface area contributed by atoms with E-state index in [4.69, 9.17) is 5.11 Å². The van der Waals surface area contributed by atoms with E-state index in [0.717, 1.165) is 0 Å². The fraction of sp³-hybridized carbons (Fsp3) is 0.200. The summed E-state index contributed by atoms with van der Waals surface area (Å²) in [5.74, 6) is -1.32. The van der Waals surface area contributed by atoms with Gasteiger partial charge in [-0.05, 0) is 0 Å². The summed E-state index contributed by atoms with van der Waals surface area (Å²) in [6.45, 7) is -0.247. The van der Waals surface area contributed by atoms with E-state index in [0.29, 0.717) is 11.3 Å². The van der Waals surface area contributed by atoms with Crippen LogP contribution < -0.4 is 5.32 Å². The molecular formula is C10H11N5O3. The van der Waals surface area contributed by atoms with Crippen LogP contribution >= 0.6 is 0 Å². The zero-order chi connectivity index (χ0) is 13.1. The standard InChI is InChI=1S/C10H11N5O3/c1-14-4-7(2-11-14)10(18)13-8-3-12-15(5-8)6-9(16)17/h2-5H,6H2,1H3,(H,13,18)(H,16,17). The molecule has 0 fully saturated rings. The van der Waals surface area contributed by atoms with Gasteiger partial charge in [-0.25, -0.2) is 0 Å². The number of aliphatic carboxylic acids is 1. The molecule has 0 aliphatic heterocycles. The quantitative estimate of drug-likeness (QED) is 0.791. The third-order valence-electron chi connectivity index (χ3n) is 2.16. The van der Waals surface area contributed by atoms with E-state index in [2.05, 4.69) is 15.5 Å². The summed E-state index contributed by atoms with van der Waals surface area (Å²) in [5, 5.41) is 18.9. The van der Waals surface area contributed by atoms with Crippen LogP contribution in [0.2, 0.25) is 0 Å². The molecule has 0 radical (unpaired) electrons. The largest absolute Gasteiger partial charge is 0.480 e. The van der Waals surface area contributed by atoms with E-state index in [-0.39, 0.29) is 12.5 Å². The maximum Gasteiger partial charge on any atom is 0.325 e. The van der Waals surface area contributed by atoms with E-state index in [1.807, 2.05) is 0 Å². The number of carboxylic acids is 1. The number of amides is 1. The normalized spacial score (nSPS) is 10.3. The molecule has 2 rings (SSSR count). The first kappa shape index (κ1) is 11.8. The molecule has 0 spiro atoms. The van der Waals surface area contributed by atoms with Crippen LogP contribution in [0.3, 0.4) is 0 Å². The van der Waals surface area contributed by atoms with Gasteiger partial charge >= 0.3 is 5.97 Å². The average Bonchev–Trinajstić information content (AvgIpc) is 2.87. The number of carbonyl (C=O) groups excluding carboxylic acids is 1. The molecule has 1 amide bonds. The molecule has 2 aromatic rings. The van der Waals surface area contributed by atoms with Crippen LogP contribution in [-0.2, 0) is 18.4 Å². The highest BCUT2D eigenvalue weighted by Crippen LogP contribution is 2.07. The van der Waals surface area contributed by atoms with Gasteiger partial charge in [-0.15, -0.1) is 0 Å². The molecule has 2 aromatic heterocycles. The lowest BCUT2D eigenvalue weighted by atomic mass is 10.3. The van der Waals surface area contributed by atoms with Gasteiger partial charge in [0, 0.05) is 19.4 Å². The molecule has 2 N–H and O–H groups in total. The topological polar surface area (TPSA) is 102 Å². The highest BCUT2D eigenvalue weighted by molar-refractivity contribution is 6.03. The van der Waals surface area contributed by atoms with Gasteiger partial charge in [0.15, 0.2) is 0 Å². The summed E-state index contributed by atoms with van der Waals surface area (Å²) in [5.41, 5.74) is 0.855. The number of hydrogen-bond donors (Lipinski definition) is 2. The molecule has 8 nitrogen and oxygen atoms in total. The van der Waals surface area contributed by atoms with Crippen LogP contribution in [0.25, 0.3) is 0 Å². The van der Waals surface area contributed by atoms with Crippen molar-refractivity contribution in [2.75, 3.05) is 5.32 Å². The molecule has 94 valence electrons. The minimum atomic E-state index is -0.997. The number of aryl methyl sites for hydroxylation is 1. The van der Waals surface area contributed by atoms with Crippen molar-refractivity contribution >= 4 is 17.6 Å². The lowest BCUT2D eigenvalue weighted by Gasteiger charge is -1.98. The molecule has 18 heavy (non-hydrogen) atoms. The van der Waals surface area contributed by atoms with Gasteiger partial charge in [0.05, 0.1) is 23.6 Å². The predicted octanol–water partition coefficient (Wildman–Crippen LogP) is -0.0465. The lowest BCUT2D eigenvalue weighted by Crippen LogP contribution is -2.11. The Morgan fingerprint density at radius 1 is 1.33 bits per heavy atom. The molecular weight excluding hydrogens is 238 g/mol. The van der Waals surface area contributed by atoms with Gasteiger partial charge in [-0.1, -0.05) is 0 Å². The highest BCUT2D eigenvalue weighted by Gasteiger charge is 2.09. The van der Waals surface area contributed by atoms with Crippen molar-refractivity contribution in [2.45, 2.75) is 6.54 Å². The molecule has 0 saturated heterocycles. The Morgan fingerprint density at radius 3 is 2.72 bits per heavy atom. The third-order valence-corrected chi connectivity index (χ3v) is 2.16. The van der Waals surface area contributed by atoms with Crippen LogP contribution in [0.4, 0.5) is 5.69 Å². The third kappa shape index (κ3) is 2.73.